The second kappa shape index (κ2) is 4.39. The van der Waals surface area contributed by atoms with Crippen molar-refractivity contribution in [3.8, 4) is 11.5 Å². The topological polar surface area (TPSA) is 51.0 Å². The van der Waals surface area contributed by atoms with Crippen molar-refractivity contribution in [3.05, 3.63) is 41.6 Å². The van der Waals surface area contributed by atoms with Gasteiger partial charge in [0.25, 0.3) is 0 Å². The third-order valence-electron chi connectivity index (χ3n) is 3.10. The van der Waals surface area contributed by atoms with Gasteiger partial charge in [0.05, 0.1) is 0 Å². The fourth-order valence-corrected chi connectivity index (χ4v) is 2.09. The molecule has 0 bridgehead atoms. The van der Waals surface area contributed by atoms with Crippen LogP contribution >= 0.6 is 0 Å². The maximum Gasteiger partial charge on any atom is 0.223 e. The average molecular weight is 253 g/mol. The number of hydrogen-bond acceptors (Lipinski definition) is 4. The number of benzene rings is 1. The number of aryl methyl sites for hydroxylation is 2. The van der Waals surface area contributed by atoms with E-state index in [9.17, 15) is 0 Å². The van der Waals surface area contributed by atoms with E-state index in [2.05, 4.69) is 28.3 Å². The summed E-state index contributed by atoms with van der Waals surface area (Å²) in [4.78, 5) is 8.65. The van der Waals surface area contributed by atoms with E-state index in [1.807, 2.05) is 25.1 Å². The second-order valence-electron chi connectivity index (χ2n) is 4.63. The van der Waals surface area contributed by atoms with Crippen LogP contribution < -0.4 is 5.32 Å². The SMILES string of the molecule is CNc1ncc(C)c(-c2cc3cc(C)ccc3o2)n1. The Kier molecular flexibility index (Phi) is 2.71. The van der Waals surface area contributed by atoms with E-state index in [0.29, 0.717) is 5.95 Å². The third-order valence-corrected chi connectivity index (χ3v) is 3.10. The highest BCUT2D eigenvalue weighted by Gasteiger charge is 2.11. The lowest BCUT2D eigenvalue weighted by Crippen LogP contribution is -1.98. The largest absolute Gasteiger partial charge is 0.454 e. The van der Waals surface area contributed by atoms with Crippen molar-refractivity contribution >= 4 is 16.9 Å². The van der Waals surface area contributed by atoms with Gasteiger partial charge in [0.1, 0.15) is 11.3 Å². The van der Waals surface area contributed by atoms with Gasteiger partial charge in [-0.1, -0.05) is 11.6 Å². The smallest absolute Gasteiger partial charge is 0.223 e. The Bertz CT molecular complexity index is 746. The van der Waals surface area contributed by atoms with Crippen LogP contribution in [0.4, 0.5) is 5.95 Å². The van der Waals surface area contributed by atoms with Gasteiger partial charge < -0.3 is 9.73 Å². The van der Waals surface area contributed by atoms with Gasteiger partial charge in [-0.05, 0) is 37.6 Å². The number of anilines is 1. The molecule has 3 aromatic rings. The normalized spacial score (nSPS) is 10.9. The van der Waals surface area contributed by atoms with Crippen LogP contribution in [0.2, 0.25) is 0 Å². The first-order valence-corrected chi connectivity index (χ1v) is 6.19. The molecule has 0 aliphatic rings. The summed E-state index contributed by atoms with van der Waals surface area (Å²) in [6, 6.07) is 8.17. The molecule has 2 heterocycles. The van der Waals surface area contributed by atoms with Crippen LogP contribution in [-0.4, -0.2) is 17.0 Å². The summed E-state index contributed by atoms with van der Waals surface area (Å²) in [5.41, 5.74) is 3.92. The van der Waals surface area contributed by atoms with E-state index >= 15 is 0 Å². The minimum atomic E-state index is 0.595. The molecule has 0 fully saturated rings. The first kappa shape index (κ1) is 11.7. The zero-order valence-electron chi connectivity index (χ0n) is 11.2. The van der Waals surface area contributed by atoms with Crippen LogP contribution in [0.5, 0.6) is 0 Å². The molecule has 0 spiro atoms. The van der Waals surface area contributed by atoms with E-state index in [-0.39, 0.29) is 0 Å². The Labute approximate surface area is 111 Å². The molecule has 0 unspecified atom stereocenters. The average Bonchev–Trinajstić information content (AvgIpc) is 2.82. The van der Waals surface area contributed by atoms with Gasteiger partial charge in [-0.15, -0.1) is 0 Å². The van der Waals surface area contributed by atoms with Crippen LogP contribution in [0.3, 0.4) is 0 Å². The summed E-state index contributed by atoms with van der Waals surface area (Å²) >= 11 is 0. The lowest BCUT2D eigenvalue weighted by atomic mass is 10.1. The number of nitrogens with zero attached hydrogens (tertiary/aromatic N) is 2. The van der Waals surface area contributed by atoms with Crippen molar-refractivity contribution in [2.24, 2.45) is 0 Å². The lowest BCUT2D eigenvalue weighted by Gasteiger charge is -2.03. The Morgan fingerprint density at radius 2 is 2.00 bits per heavy atom. The van der Waals surface area contributed by atoms with Crippen molar-refractivity contribution in [1.82, 2.24) is 9.97 Å². The summed E-state index contributed by atoms with van der Waals surface area (Å²) < 4.78 is 5.87. The number of hydrogen-bond donors (Lipinski definition) is 1. The van der Waals surface area contributed by atoms with Crippen molar-refractivity contribution in [3.63, 3.8) is 0 Å². The molecule has 96 valence electrons. The molecule has 0 saturated carbocycles. The van der Waals surface area contributed by atoms with Crippen molar-refractivity contribution in [1.29, 1.82) is 0 Å². The van der Waals surface area contributed by atoms with Crippen LogP contribution in [0.1, 0.15) is 11.1 Å². The van der Waals surface area contributed by atoms with E-state index in [1.165, 1.54) is 5.56 Å². The van der Waals surface area contributed by atoms with Gasteiger partial charge in [0, 0.05) is 18.6 Å². The highest BCUT2D eigenvalue weighted by molar-refractivity contribution is 5.83. The minimum Gasteiger partial charge on any atom is -0.454 e. The van der Waals surface area contributed by atoms with Gasteiger partial charge in [-0.3, -0.25) is 0 Å². The Morgan fingerprint density at radius 1 is 1.16 bits per heavy atom. The zero-order chi connectivity index (χ0) is 13.4. The molecule has 0 aliphatic carbocycles. The Morgan fingerprint density at radius 3 is 2.79 bits per heavy atom. The van der Waals surface area contributed by atoms with E-state index in [0.717, 1.165) is 28.0 Å². The van der Waals surface area contributed by atoms with E-state index < -0.39 is 0 Å². The predicted octanol–water partition coefficient (Wildman–Crippen LogP) is 3.55. The second-order valence-corrected chi connectivity index (χ2v) is 4.63. The number of aromatic nitrogens is 2. The van der Waals surface area contributed by atoms with Gasteiger partial charge in [0.15, 0.2) is 5.76 Å². The van der Waals surface area contributed by atoms with Gasteiger partial charge in [-0.2, -0.15) is 0 Å². The molecular weight excluding hydrogens is 238 g/mol. The van der Waals surface area contributed by atoms with E-state index in [1.54, 1.807) is 13.2 Å². The summed E-state index contributed by atoms with van der Waals surface area (Å²) in [7, 11) is 1.80. The highest BCUT2D eigenvalue weighted by Crippen LogP contribution is 2.29. The van der Waals surface area contributed by atoms with Crippen LogP contribution in [0, 0.1) is 13.8 Å². The van der Waals surface area contributed by atoms with Crippen molar-refractivity contribution < 1.29 is 4.42 Å². The molecule has 3 rings (SSSR count). The third kappa shape index (κ3) is 2.05. The standard InChI is InChI=1S/C15H15N3O/c1-9-4-5-12-11(6-9)7-13(19-12)14-10(2)8-17-15(16-3)18-14/h4-8H,1-3H3,(H,16,17,18). The molecule has 2 aromatic heterocycles. The van der Waals surface area contributed by atoms with Crippen LogP contribution in [0.15, 0.2) is 34.9 Å². The monoisotopic (exact) mass is 253 g/mol. The highest BCUT2D eigenvalue weighted by atomic mass is 16.3. The van der Waals surface area contributed by atoms with E-state index in [4.69, 9.17) is 4.42 Å². The molecule has 4 heteroatoms. The number of rotatable bonds is 2. The summed E-state index contributed by atoms with van der Waals surface area (Å²) in [5, 5.41) is 4.04. The maximum atomic E-state index is 5.87. The Hall–Kier alpha value is -2.36. The molecule has 0 aliphatic heterocycles. The molecule has 0 saturated heterocycles. The Balaban J connectivity index is 2.18. The molecule has 0 atom stereocenters. The molecule has 0 radical (unpaired) electrons. The van der Waals surface area contributed by atoms with Crippen LogP contribution in [0.25, 0.3) is 22.4 Å². The van der Waals surface area contributed by atoms with Gasteiger partial charge >= 0.3 is 0 Å². The number of furan rings is 1. The molecule has 1 N–H and O–H groups in total. The maximum absolute atomic E-state index is 5.87. The van der Waals surface area contributed by atoms with Gasteiger partial charge in [0.2, 0.25) is 5.95 Å². The first-order valence-electron chi connectivity index (χ1n) is 6.19. The first-order chi connectivity index (χ1) is 9.17. The minimum absolute atomic E-state index is 0.595. The summed E-state index contributed by atoms with van der Waals surface area (Å²) in [6.45, 7) is 4.05. The van der Waals surface area contributed by atoms with Crippen molar-refractivity contribution in [2.45, 2.75) is 13.8 Å². The van der Waals surface area contributed by atoms with Gasteiger partial charge in [-0.25, -0.2) is 9.97 Å². The molecule has 4 nitrogen and oxygen atoms in total. The fourth-order valence-electron chi connectivity index (χ4n) is 2.09. The number of nitrogens with one attached hydrogen (secondary N) is 1. The quantitative estimate of drug-likeness (QED) is 0.758. The lowest BCUT2D eigenvalue weighted by molar-refractivity contribution is 0.627. The van der Waals surface area contributed by atoms with Crippen molar-refractivity contribution in [2.75, 3.05) is 12.4 Å². The summed E-state index contributed by atoms with van der Waals surface area (Å²) in [5.74, 6) is 1.37. The molecule has 1 aromatic carbocycles. The molecular formula is C15H15N3O. The zero-order valence-corrected chi connectivity index (χ0v) is 11.2. The number of fused-ring (bicyclic) bond motifs is 1. The fraction of sp³-hybridized carbons (Fsp3) is 0.200. The predicted molar refractivity (Wildman–Crippen MR) is 76.3 cm³/mol. The molecule has 19 heavy (non-hydrogen) atoms. The van der Waals surface area contributed by atoms with Crippen LogP contribution in [-0.2, 0) is 0 Å². The molecule has 0 amide bonds. The summed E-state index contributed by atoms with van der Waals surface area (Å²) in [6.07, 6.45) is 1.80.